The molecular weight excluding hydrogens is 330 g/mol. The number of hydrogen-bond donors (Lipinski definition) is 1. The number of nitriles is 1. The van der Waals surface area contributed by atoms with Gasteiger partial charge in [-0.1, -0.05) is 24.3 Å². The lowest BCUT2D eigenvalue weighted by Crippen LogP contribution is -2.24. The van der Waals surface area contributed by atoms with E-state index in [1.165, 1.54) is 6.08 Å². The number of cyclic esters (lactones) is 1. The molecule has 3 rings (SSSR count). The largest absolute Gasteiger partial charge is 0.447 e. The van der Waals surface area contributed by atoms with Gasteiger partial charge in [0.15, 0.2) is 0 Å². The van der Waals surface area contributed by atoms with Crippen LogP contribution in [0.5, 0.6) is 0 Å². The van der Waals surface area contributed by atoms with E-state index < -0.39 is 0 Å². The molecule has 0 aromatic heterocycles. The molecule has 0 unspecified atom stereocenters. The van der Waals surface area contributed by atoms with Gasteiger partial charge < -0.3 is 10.1 Å². The Balaban J connectivity index is 1.56. The van der Waals surface area contributed by atoms with Gasteiger partial charge in [0.25, 0.3) is 0 Å². The quantitative estimate of drug-likeness (QED) is 0.843. The molecule has 1 heterocycles. The van der Waals surface area contributed by atoms with Gasteiger partial charge in [-0.05, 0) is 41.5 Å². The lowest BCUT2D eigenvalue weighted by molar-refractivity contribution is -0.116. The Morgan fingerprint density at radius 2 is 2.08 bits per heavy atom. The predicted octanol–water partition coefficient (Wildman–Crippen LogP) is 2.84. The summed E-state index contributed by atoms with van der Waals surface area (Å²) < 4.78 is 4.94. The normalized spacial score (nSPS) is 13.5. The first-order chi connectivity index (χ1) is 12.7. The number of anilines is 1. The number of nitrogens with zero attached hydrogens (tertiary/aromatic N) is 2. The van der Waals surface area contributed by atoms with Crippen molar-refractivity contribution in [3.63, 3.8) is 0 Å². The summed E-state index contributed by atoms with van der Waals surface area (Å²) in [5.74, 6) is -0.222. The Bertz CT molecular complexity index is 882. The lowest BCUT2D eigenvalue weighted by atomic mass is 10.1. The van der Waals surface area contributed by atoms with Gasteiger partial charge >= 0.3 is 6.09 Å². The molecule has 2 amide bonds. The van der Waals surface area contributed by atoms with E-state index in [2.05, 4.69) is 5.32 Å². The average Bonchev–Trinajstić information content (AvgIpc) is 3.11. The summed E-state index contributed by atoms with van der Waals surface area (Å²) in [5.41, 5.74) is 3.07. The number of benzene rings is 2. The van der Waals surface area contributed by atoms with Crippen LogP contribution in [-0.2, 0) is 16.1 Å². The van der Waals surface area contributed by atoms with Gasteiger partial charge in [0.2, 0.25) is 5.91 Å². The molecule has 1 fully saturated rings. The number of nitrogens with one attached hydrogen (secondary N) is 1. The van der Waals surface area contributed by atoms with E-state index in [4.69, 9.17) is 10.00 Å². The maximum atomic E-state index is 12.0. The maximum Gasteiger partial charge on any atom is 0.414 e. The van der Waals surface area contributed by atoms with E-state index in [0.29, 0.717) is 25.3 Å². The Labute approximate surface area is 151 Å². The Kier molecular flexibility index (Phi) is 5.30. The van der Waals surface area contributed by atoms with Crippen molar-refractivity contribution in [2.75, 3.05) is 18.1 Å². The number of rotatable bonds is 5. The molecule has 0 spiro atoms. The second-order valence-corrected chi connectivity index (χ2v) is 5.72. The molecule has 2 aromatic carbocycles. The highest BCUT2D eigenvalue weighted by atomic mass is 16.6. The maximum absolute atomic E-state index is 12.0. The Hall–Kier alpha value is -3.59. The standard InChI is InChI=1S/C20H17N3O3/c21-13-16-6-4-15(5-7-16)8-9-19(24)22-14-17-2-1-3-18(12-17)23-10-11-26-20(23)25/h1-9,12H,10-11,14H2,(H,22,24)/b9-8+. The van der Waals surface area contributed by atoms with Crippen molar-refractivity contribution in [3.8, 4) is 6.07 Å². The zero-order valence-corrected chi connectivity index (χ0v) is 14.0. The highest BCUT2D eigenvalue weighted by Crippen LogP contribution is 2.19. The van der Waals surface area contributed by atoms with Crippen molar-refractivity contribution in [2.24, 2.45) is 0 Å². The first kappa shape index (κ1) is 17.2. The minimum absolute atomic E-state index is 0.222. The zero-order valence-electron chi connectivity index (χ0n) is 14.0. The van der Waals surface area contributed by atoms with Crippen LogP contribution in [0.4, 0.5) is 10.5 Å². The van der Waals surface area contributed by atoms with Crippen LogP contribution >= 0.6 is 0 Å². The Morgan fingerprint density at radius 3 is 2.77 bits per heavy atom. The third kappa shape index (κ3) is 4.28. The first-order valence-electron chi connectivity index (χ1n) is 8.15. The molecule has 130 valence electrons. The first-order valence-corrected chi connectivity index (χ1v) is 8.15. The average molecular weight is 347 g/mol. The highest BCUT2D eigenvalue weighted by Gasteiger charge is 2.23. The third-order valence-corrected chi connectivity index (χ3v) is 3.92. The van der Waals surface area contributed by atoms with Gasteiger partial charge in [-0.2, -0.15) is 5.26 Å². The van der Waals surface area contributed by atoms with Gasteiger partial charge in [0.05, 0.1) is 18.2 Å². The smallest absolute Gasteiger partial charge is 0.414 e. The molecule has 1 N–H and O–H groups in total. The topological polar surface area (TPSA) is 82.4 Å². The number of carbonyl (C=O) groups excluding carboxylic acids is 2. The highest BCUT2D eigenvalue weighted by molar-refractivity contribution is 5.92. The molecule has 2 aromatic rings. The van der Waals surface area contributed by atoms with Crippen molar-refractivity contribution >= 4 is 23.8 Å². The van der Waals surface area contributed by atoms with E-state index in [0.717, 1.165) is 16.8 Å². The Morgan fingerprint density at radius 1 is 1.27 bits per heavy atom. The van der Waals surface area contributed by atoms with Crippen molar-refractivity contribution in [3.05, 3.63) is 71.3 Å². The molecule has 0 radical (unpaired) electrons. The summed E-state index contributed by atoms with van der Waals surface area (Å²) in [7, 11) is 0. The molecule has 0 atom stereocenters. The SMILES string of the molecule is N#Cc1ccc(/C=C/C(=O)NCc2cccc(N3CCOC3=O)c2)cc1. The van der Waals surface area contributed by atoms with Crippen molar-refractivity contribution < 1.29 is 14.3 Å². The van der Waals surface area contributed by atoms with Crippen LogP contribution in [0.1, 0.15) is 16.7 Å². The van der Waals surface area contributed by atoms with Gasteiger partial charge in [0.1, 0.15) is 6.61 Å². The van der Waals surface area contributed by atoms with E-state index in [1.807, 2.05) is 30.3 Å². The van der Waals surface area contributed by atoms with E-state index >= 15 is 0 Å². The van der Waals surface area contributed by atoms with Crippen LogP contribution in [0.2, 0.25) is 0 Å². The van der Waals surface area contributed by atoms with Gasteiger partial charge in [-0.15, -0.1) is 0 Å². The molecule has 6 nitrogen and oxygen atoms in total. The summed E-state index contributed by atoms with van der Waals surface area (Å²) in [6.07, 6.45) is 2.78. The molecule has 0 bridgehead atoms. The number of carbonyl (C=O) groups is 2. The fourth-order valence-corrected chi connectivity index (χ4v) is 2.55. The van der Waals surface area contributed by atoms with Crippen LogP contribution in [0, 0.1) is 11.3 Å². The number of hydrogen-bond acceptors (Lipinski definition) is 4. The second-order valence-electron chi connectivity index (χ2n) is 5.72. The molecule has 6 heteroatoms. The van der Waals surface area contributed by atoms with Crippen LogP contribution in [0.3, 0.4) is 0 Å². The molecule has 26 heavy (non-hydrogen) atoms. The monoisotopic (exact) mass is 347 g/mol. The summed E-state index contributed by atoms with van der Waals surface area (Å²) in [6.45, 7) is 1.27. The lowest BCUT2D eigenvalue weighted by Gasteiger charge is -2.13. The summed E-state index contributed by atoms with van der Waals surface area (Å²) >= 11 is 0. The molecule has 1 aliphatic heterocycles. The van der Waals surface area contributed by atoms with Crippen LogP contribution in [0.25, 0.3) is 6.08 Å². The van der Waals surface area contributed by atoms with Gasteiger partial charge in [-0.25, -0.2) is 4.79 Å². The summed E-state index contributed by atoms with van der Waals surface area (Å²) in [5, 5.41) is 11.6. The molecule has 0 aliphatic carbocycles. The minimum atomic E-state index is -0.350. The van der Waals surface area contributed by atoms with E-state index in [-0.39, 0.29) is 12.0 Å². The zero-order chi connectivity index (χ0) is 18.4. The number of amides is 2. The van der Waals surface area contributed by atoms with E-state index in [1.54, 1.807) is 35.2 Å². The van der Waals surface area contributed by atoms with Crippen molar-refractivity contribution in [2.45, 2.75) is 6.54 Å². The minimum Gasteiger partial charge on any atom is -0.447 e. The predicted molar refractivity (Wildman–Crippen MR) is 97.2 cm³/mol. The van der Waals surface area contributed by atoms with Crippen molar-refractivity contribution in [1.29, 1.82) is 5.26 Å². The van der Waals surface area contributed by atoms with Gasteiger partial charge in [0, 0.05) is 18.3 Å². The number of ether oxygens (including phenoxy) is 1. The fraction of sp³-hybridized carbons (Fsp3) is 0.150. The third-order valence-electron chi connectivity index (χ3n) is 3.92. The van der Waals surface area contributed by atoms with Crippen LogP contribution in [0.15, 0.2) is 54.6 Å². The van der Waals surface area contributed by atoms with Crippen molar-refractivity contribution in [1.82, 2.24) is 5.32 Å². The molecule has 1 aliphatic rings. The summed E-state index contributed by atoms with van der Waals surface area (Å²) in [4.78, 5) is 25.2. The fourth-order valence-electron chi connectivity index (χ4n) is 2.55. The molecule has 1 saturated heterocycles. The van der Waals surface area contributed by atoms with E-state index in [9.17, 15) is 9.59 Å². The molecular formula is C20H17N3O3. The van der Waals surface area contributed by atoms with Crippen LogP contribution < -0.4 is 10.2 Å². The second kappa shape index (κ2) is 7.99. The van der Waals surface area contributed by atoms with Gasteiger partial charge in [-0.3, -0.25) is 9.69 Å². The molecule has 0 saturated carbocycles. The summed E-state index contributed by atoms with van der Waals surface area (Å²) in [6, 6.07) is 16.4. The van der Waals surface area contributed by atoms with Crippen LogP contribution in [-0.4, -0.2) is 25.2 Å².